The SMILES string of the molecule is CC(C)Oc1cccc(/C(O)=C2/C(=O)C(=O)N(CC3CCCO3)C2c2ccccc2F)c1. The first kappa shape index (κ1) is 22.0. The van der Waals surface area contributed by atoms with Crippen molar-refractivity contribution < 1.29 is 28.6 Å². The molecule has 0 bridgehead atoms. The van der Waals surface area contributed by atoms with E-state index < -0.39 is 23.5 Å². The van der Waals surface area contributed by atoms with Crippen LogP contribution in [-0.2, 0) is 14.3 Å². The van der Waals surface area contributed by atoms with Crippen LogP contribution in [0.1, 0.15) is 43.9 Å². The number of carbonyl (C=O) groups is 2. The Labute approximate surface area is 186 Å². The molecule has 2 aromatic rings. The molecule has 2 aromatic carbocycles. The van der Waals surface area contributed by atoms with Crippen LogP contribution in [0.15, 0.2) is 54.1 Å². The van der Waals surface area contributed by atoms with Crippen LogP contribution in [-0.4, -0.2) is 47.1 Å². The Balaban J connectivity index is 1.82. The average Bonchev–Trinajstić information content (AvgIpc) is 3.36. The average molecular weight is 439 g/mol. The molecule has 2 atom stereocenters. The summed E-state index contributed by atoms with van der Waals surface area (Å²) < 4.78 is 26.2. The monoisotopic (exact) mass is 439 g/mol. The van der Waals surface area contributed by atoms with Gasteiger partial charge in [-0.05, 0) is 44.9 Å². The zero-order valence-electron chi connectivity index (χ0n) is 18.1. The van der Waals surface area contributed by atoms with Crippen molar-refractivity contribution >= 4 is 17.4 Å². The third-order valence-electron chi connectivity index (χ3n) is 5.64. The van der Waals surface area contributed by atoms with Gasteiger partial charge in [0, 0.05) is 24.3 Å². The van der Waals surface area contributed by atoms with Gasteiger partial charge < -0.3 is 19.5 Å². The normalized spacial score (nSPS) is 22.7. The summed E-state index contributed by atoms with van der Waals surface area (Å²) in [6.45, 7) is 4.49. The molecule has 2 aliphatic heterocycles. The minimum absolute atomic E-state index is 0.0807. The number of hydrogen-bond donors (Lipinski definition) is 1. The fourth-order valence-corrected chi connectivity index (χ4v) is 4.24. The highest BCUT2D eigenvalue weighted by Gasteiger charge is 2.47. The molecule has 0 saturated carbocycles. The van der Waals surface area contributed by atoms with E-state index in [2.05, 4.69) is 0 Å². The van der Waals surface area contributed by atoms with Gasteiger partial charge in [-0.2, -0.15) is 0 Å². The zero-order valence-corrected chi connectivity index (χ0v) is 18.1. The highest BCUT2D eigenvalue weighted by Crippen LogP contribution is 2.41. The summed E-state index contributed by atoms with van der Waals surface area (Å²) in [5.74, 6) is -2.02. The molecule has 32 heavy (non-hydrogen) atoms. The maximum Gasteiger partial charge on any atom is 0.295 e. The van der Waals surface area contributed by atoms with Crippen molar-refractivity contribution in [2.24, 2.45) is 0 Å². The lowest BCUT2D eigenvalue weighted by Crippen LogP contribution is -2.36. The topological polar surface area (TPSA) is 76.1 Å². The molecule has 168 valence electrons. The quantitative estimate of drug-likeness (QED) is 0.415. The molecule has 0 aromatic heterocycles. The number of aliphatic hydroxyl groups excluding tert-OH is 1. The van der Waals surface area contributed by atoms with E-state index in [0.717, 1.165) is 12.8 Å². The minimum Gasteiger partial charge on any atom is -0.507 e. The van der Waals surface area contributed by atoms with Crippen molar-refractivity contribution in [1.82, 2.24) is 4.90 Å². The largest absolute Gasteiger partial charge is 0.507 e. The lowest BCUT2D eigenvalue weighted by molar-refractivity contribution is -0.140. The van der Waals surface area contributed by atoms with Gasteiger partial charge in [-0.25, -0.2) is 4.39 Å². The Morgan fingerprint density at radius 2 is 2.00 bits per heavy atom. The lowest BCUT2D eigenvalue weighted by Gasteiger charge is -2.27. The highest BCUT2D eigenvalue weighted by atomic mass is 19.1. The predicted molar refractivity (Wildman–Crippen MR) is 117 cm³/mol. The highest BCUT2D eigenvalue weighted by molar-refractivity contribution is 6.46. The zero-order chi connectivity index (χ0) is 22.8. The van der Waals surface area contributed by atoms with Crippen LogP contribution in [0, 0.1) is 5.82 Å². The van der Waals surface area contributed by atoms with Gasteiger partial charge in [-0.15, -0.1) is 0 Å². The van der Waals surface area contributed by atoms with Gasteiger partial charge in [-0.1, -0.05) is 30.3 Å². The molecule has 2 fully saturated rings. The van der Waals surface area contributed by atoms with Crippen molar-refractivity contribution in [3.63, 3.8) is 0 Å². The van der Waals surface area contributed by atoms with E-state index in [9.17, 15) is 19.1 Å². The van der Waals surface area contributed by atoms with Crippen LogP contribution in [0.25, 0.3) is 5.76 Å². The Kier molecular flexibility index (Phi) is 6.28. The number of carbonyl (C=O) groups excluding carboxylic acids is 2. The minimum atomic E-state index is -1.05. The maximum atomic E-state index is 14.8. The molecule has 2 heterocycles. The molecule has 2 unspecified atom stereocenters. The molecule has 0 aliphatic carbocycles. The molecular formula is C25H26FNO5. The van der Waals surface area contributed by atoms with Crippen molar-refractivity contribution in [2.75, 3.05) is 13.2 Å². The number of hydrogen-bond acceptors (Lipinski definition) is 5. The van der Waals surface area contributed by atoms with E-state index in [0.29, 0.717) is 17.9 Å². The summed E-state index contributed by atoms with van der Waals surface area (Å²) in [6.07, 6.45) is 1.30. The van der Waals surface area contributed by atoms with E-state index in [4.69, 9.17) is 9.47 Å². The molecule has 0 radical (unpaired) electrons. The number of ketones is 1. The number of benzene rings is 2. The first-order chi connectivity index (χ1) is 15.4. The number of halogens is 1. The third-order valence-corrected chi connectivity index (χ3v) is 5.64. The second-order valence-electron chi connectivity index (χ2n) is 8.30. The number of nitrogens with zero attached hydrogens (tertiary/aromatic N) is 1. The number of aliphatic hydroxyl groups is 1. The van der Waals surface area contributed by atoms with Gasteiger partial charge >= 0.3 is 0 Å². The second kappa shape index (κ2) is 9.12. The van der Waals surface area contributed by atoms with Crippen molar-refractivity contribution in [1.29, 1.82) is 0 Å². The van der Waals surface area contributed by atoms with E-state index in [1.807, 2.05) is 13.8 Å². The van der Waals surface area contributed by atoms with Crippen LogP contribution in [0.4, 0.5) is 4.39 Å². The molecular weight excluding hydrogens is 413 g/mol. The molecule has 7 heteroatoms. The fourth-order valence-electron chi connectivity index (χ4n) is 4.24. The van der Waals surface area contributed by atoms with Gasteiger partial charge in [0.15, 0.2) is 0 Å². The second-order valence-corrected chi connectivity index (χ2v) is 8.30. The van der Waals surface area contributed by atoms with Crippen LogP contribution < -0.4 is 4.74 Å². The first-order valence-electron chi connectivity index (χ1n) is 10.8. The Morgan fingerprint density at radius 3 is 2.69 bits per heavy atom. The summed E-state index contributed by atoms with van der Waals surface area (Å²) in [5.41, 5.74) is 0.334. The van der Waals surface area contributed by atoms with E-state index >= 15 is 0 Å². The molecule has 2 aliphatic rings. The smallest absolute Gasteiger partial charge is 0.295 e. The maximum absolute atomic E-state index is 14.8. The van der Waals surface area contributed by atoms with E-state index in [-0.39, 0.29) is 35.6 Å². The van der Waals surface area contributed by atoms with E-state index in [1.165, 1.54) is 23.1 Å². The number of likely N-dealkylation sites (tertiary alicyclic amines) is 1. The number of amides is 1. The Morgan fingerprint density at radius 1 is 1.22 bits per heavy atom. The van der Waals surface area contributed by atoms with Crippen molar-refractivity contribution in [3.8, 4) is 5.75 Å². The van der Waals surface area contributed by atoms with Gasteiger partial charge in [0.25, 0.3) is 11.7 Å². The van der Waals surface area contributed by atoms with Crippen LogP contribution >= 0.6 is 0 Å². The van der Waals surface area contributed by atoms with E-state index in [1.54, 1.807) is 30.3 Å². The van der Waals surface area contributed by atoms with Gasteiger partial charge in [0.2, 0.25) is 0 Å². The van der Waals surface area contributed by atoms with Crippen LogP contribution in [0.2, 0.25) is 0 Å². The Bertz CT molecular complexity index is 1060. The standard InChI is InChI=1S/C25H26FNO5/c1-15(2)32-17-8-5-7-16(13-17)23(28)21-22(19-10-3-4-11-20(19)26)27(25(30)24(21)29)14-18-9-6-12-31-18/h3-5,7-8,10-11,13,15,18,22,28H,6,9,12,14H2,1-2H3/b23-21-. The predicted octanol–water partition coefficient (Wildman–Crippen LogP) is 4.21. The fraction of sp³-hybridized carbons (Fsp3) is 0.360. The summed E-state index contributed by atoms with van der Waals surface area (Å²) in [5, 5.41) is 11.1. The summed E-state index contributed by atoms with van der Waals surface area (Å²) in [6, 6.07) is 11.6. The van der Waals surface area contributed by atoms with Crippen molar-refractivity contribution in [2.45, 2.75) is 44.9 Å². The Hall–Kier alpha value is -3.19. The third kappa shape index (κ3) is 4.25. The summed E-state index contributed by atoms with van der Waals surface area (Å²) in [4.78, 5) is 27.3. The molecule has 1 N–H and O–H groups in total. The number of Topliss-reactive ketones (excluding diaryl/α,β-unsaturated/α-hetero) is 1. The number of rotatable bonds is 6. The molecule has 0 spiro atoms. The van der Waals surface area contributed by atoms with Gasteiger partial charge in [0.1, 0.15) is 17.3 Å². The molecule has 1 amide bonds. The van der Waals surface area contributed by atoms with Crippen LogP contribution in [0.5, 0.6) is 5.75 Å². The first-order valence-corrected chi connectivity index (χ1v) is 10.8. The van der Waals surface area contributed by atoms with Crippen molar-refractivity contribution in [3.05, 3.63) is 71.0 Å². The molecule has 4 rings (SSSR count). The molecule has 2 saturated heterocycles. The summed E-state index contributed by atoms with van der Waals surface area (Å²) >= 11 is 0. The van der Waals surface area contributed by atoms with Crippen LogP contribution in [0.3, 0.4) is 0 Å². The van der Waals surface area contributed by atoms with Gasteiger partial charge in [-0.3, -0.25) is 9.59 Å². The van der Waals surface area contributed by atoms with Gasteiger partial charge in [0.05, 0.1) is 23.8 Å². The molecule has 6 nitrogen and oxygen atoms in total. The lowest BCUT2D eigenvalue weighted by atomic mass is 9.94. The number of ether oxygens (including phenoxy) is 2. The summed E-state index contributed by atoms with van der Waals surface area (Å²) in [7, 11) is 0.